The molecule has 0 aliphatic carbocycles. The van der Waals surface area contributed by atoms with Crippen LogP contribution < -0.4 is 16.0 Å². The first-order valence-corrected chi connectivity index (χ1v) is 25.2. The predicted molar refractivity (Wildman–Crippen MR) is 235 cm³/mol. The Morgan fingerprint density at radius 2 is 0.862 bits per heavy atom. The SMILES string of the molecule is C=C(CCSCC1O[C@@H]2OC3C(CO)O[C@H](OCCCCC1[C@H](O)C2O)C(O)[C@H]3O)NCNCNC(=C)CCSCC1O[C@@H]2OC3C(CO)O[C@H](OCCCCC1[C@H](O)C2O)C(O)[C@H]3O. The van der Waals surface area contributed by atoms with Gasteiger partial charge in [0, 0.05) is 47.9 Å². The summed E-state index contributed by atoms with van der Waals surface area (Å²) in [6.07, 6.45) is -16.7. The highest BCUT2D eigenvalue weighted by Gasteiger charge is 2.53. The van der Waals surface area contributed by atoms with Gasteiger partial charge in [-0.3, -0.25) is 5.32 Å². The quantitative estimate of drug-likeness (QED) is 0.0485. The number of thioether (sulfide) groups is 2. The van der Waals surface area contributed by atoms with Gasteiger partial charge in [0.05, 0.1) is 51.0 Å². The summed E-state index contributed by atoms with van der Waals surface area (Å²) in [6, 6.07) is 0. The molecule has 0 aromatic heterocycles. The first kappa shape index (κ1) is 53.4. The number of hydrogen-bond donors (Lipinski definition) is 13. The van der Waals surface area contributed by atoms with Gasteiger partial charge in [0.1, 0.15) is 61.0 Å². The fourth-order valence-corrected chi connectivity index (χ4v) is 11.3. The second kappa shape index (κ2) is 26.3. The number of aliphatic hydroxyl groups excluding tert-OH is 10. The van der Waals surface area contributed by atoms with Gasteiger partial charge in [-0.25, -0.2) is 0 Å². The van der Waals surface area contributed by atoms with Crippen molar-refractivity contribution in [3.05, 3.63) is 24.6 Å². The lowest BCUT2D eigenvalue weighted by Gasteiger charge is -2.47. The molecule has 0 amide bonds. The Bertz CT molecular complexity index is 1350. The summed E-state index contributed by atoms with van der Waals surface area (Å²) in [5.74, 6) is 1.61. The molecule has 8 bridgehead atoms. The van der Waals surface area contributed by atoms with Crippen LogP contribution >= 0.6 is 23.5 Å². The highest BCUT2D eigenvalue weighted by Crippen LogP contribution is 2.38. The number of allylic oxidation sites excluding steroid dienone is 2. The summed E-state index contributed by atoms with van der Waals surface area (Å²) in [5, 5.41) is 117. The second-order valence-electron chi connectivity index (χ2n) is 17.5. The molecule has 12 aliphatic heterocycles. The van der Waals surface area contributed by atoms with Crippen LogP contribution in [-0.2, 0) is 37.9 Å². The van der Waals surface area contributed by atoms with Crippen molar-refractivity contribution >= 4 is 23.5 Å². The van der Waals surface area contributed by atoms with E-state index in [0.29, 0.717) is 87.7 Å². The van der Waals surface area contributed by atoms with Gasteiger partial charge in [0.25, 0.3) is 0 Å². The molecule has 12 aliphatic rings. The lowest BCUT2D eigenvalue weighted by Crippen LogP contribution is -2.63. The molecule has 65 heavy (non-hydrogen) atoms. The van der Waals surface area contributed by atoms with Crippen molar-refractivity contribution in [2.75, 3.05) is 62.8 Å². The van der Waals surface area contributed by atoms with E-state index in [4.69, 9.17) is 37.9 Å². The van der Waals surface area contributed by atoms with Gasteiger partial charge in [-0.15, -0.1) is 0 Å². The highest BCUT2D eigenvalue weighted by molar-refractivity contribution is 7.99. The van der Waals surface area contributed by atoms with Gasteiger partial charge in [-0.05, 0) is 50.0 Å². The summed E-state index contributed by atoms with van der Waals surface area (Å²) in [5.41, 5.74) is 1.64. The Hall–Kier alpha value is -0.980. The van der Waals surface area contributed by atoms with Crippen LogP contribution in [-0.4, -0.2) is 224 Å². The summed E-state index contributed by atoms with van der Waals surface area (Å²) in [4.78, 5) is 0. The minimum absolute atomic E-state index is 0.224. The maximum atomic E-state index is 11.2. The molecule has 0 spiro atoms. The molecule has 12 rings (SSSR count). The van der Waals surface area contributed by atoms with Crippen molar-refractivity contribution in [1.82, 2.24) is 16.0 Å². The van der Waals surface area contributed by atoms with E-state index in [-0.39, 0.29) is 25.0 Å². The number of nitrogens with one attached hydrogen (secondary N) is 3. The predicted octanol–water partition coefficient (Wildman–Crippen LogP) is -2.88. The van der Waals surface area contributed by atoms with Gasteiger partial charge >= 0.3 is 0 Å². The van der Waals surface area contributed by atoms with E-state index in [0.717, 1.165) is 11.4 Å². The smallest absolute Gasteiger partial charge is 0.186 e. The molecule has 12 heterocycles. The minimum atomic E-state index is -1.49. The zero-order chi connectivity index (χ0) is 46.6. The van der Waals surface area contributed by atoms with Crippen molar-refractivity contribution in [1.29, 1.82) is 0 Å². The van der Waals surface area contributed by atoms with Gasteiger partial charge in [-0.1, -0.05) is 26.0 Å². The zero-order valence-electron chi connectivity index (χ0n) is 36.7. The maximum Gasteiger partial charge on any atom is 0.186 e. The first-order chi connectivity index (χ1) is 31.3. The Labute approximate surface area is 388 Å². The number of ether oxygens (including phenoxy) is 8. The number of aliphatic hydroxyl groups is 10. The molecule has 12 unspecified atom stereocenters. The number of rotatable bonds is 18. The van der Waals surface area contributed by atoms with E-state index >= 15 is 0 Å². The van der Waals surface area contributed by atoms with Crippen LogP contribution in [0, 0.1) is 11.8 Å². The van der Waals surface area contributed by atoms with E-state index in [2.05, 4.69) is 29.1 Å². The molecular formula is C42H73N3O18S2. The molecule has 12 fully saturated rings. The first-order valence-electron chi connectivity index (χ1n) is 22.8. The average molecular weight is 972 g/mol. The van der Waals surface area contributed by atoms with Gasteiger partial charge in [-0.2, -0.15) is 23.5 Å². The van der Waals surface area contributed by atoms with Crippen LogP contribution in [0.1, 0.15) is 51.4 Å². The largest absolute Gasteiger partial charge is 0.394 e. The van der Waals surface area contributed by atoms with E-state index in [1.165, 1.54) is 0 Å². The average Bonchev–Trinajstić information content (AvgIpc) is 3.29. The Kier molecular flexibility index (Phi) is 21.6. The molecule has 21 nitrogen and oxygen atoms in total. The van der Waals surface area contributed by atoms with Crippen molar-refractivity contribution in [3.8, 4) is 0 Å². The third-order valence-electron chi connectivity index (χ3n) is 12.9. The topological polar surface area (TPSA) is 312 Å². The van der Waals surface area contributed by atoms with E-state index in [1.807, 2.05) is 0 Å². The molecular weight excluding hydrogens is 899 g/mol. The van der Waals surface area contributed by atoms with Crippen molar-refractivity contribution in [2.45, 2.75) is 162 Å². The van der Waals surface area contributed by atoms with Crippen LogP contribution in [0.2, 0.25) is 0 Å². The summed E-state index contributed by atoms with van der Waals surface area (Å²) < 4.78 is 47.0. The van der Waals surface area contributed by atoms with Crippen molar-refractivity contribution in [2.24, 2.45) is 11.8 Å². The van der Waals surface area contributed by atoms with Gasteiger partial charge < -0.3 is 99.6 Å². The molecule has 0 saturated carbocycles. The lowest BCUT2D eigenvalue weighted by atomic mass is 9.85. The maximum absolute atomic E-state index is 11.2. The number of hydrogen-bond acceptors (Lipinski definition) is 23. The van der Waals surface area contributed by atoms with Crippen LogP contribution in [0.4, 0.5) is 0 Å². The molecule has 0 radical (unpaired) electrons. The second-order valence-corrected chi connectivity index (χ2v) is 19.8. The summed E-state index contributed by atoms with van der Waals surface area (Å²) in [6.45, 7) is 8.54. The monoisotopic (exact) mass is 971 g/mol. The molecule has 13 N–H and O–H groups in total. The van der Waals surface area contributed by atoms with E-state index < -0.39 is 124 Å². The Morgan fingerprint density at radius 1 is 0.477 bits per heavy atom. The molecule has 0 aromatic carbocycles. The van der Waals surface area contributed by atoms with Gasteiger partial charge in [0.2, 0.25) is 0 Å². The molecule has 20 atom stereocenters. The van der Waals surface area contributed by atoms with E-state index in [9.17, 15) is 51.1 Å². The van der Waals surface area contributed by atoms with Crippen LogP contribution in [0.5, 0.6) is 0 Å². The lowest BCUT2D eigenvalue weighted by molar-refractivity contribution is -0.354. The minimum Gasteiger partial charge on any atom is -0.394 e. The standard InChI is InChI=1S/C42H73N3O18S2/c1-21(9-13-64-17-27-23-7-3-5-11-56-39-35(54)31(50)37(25(15-46)58-39)62-41(60-27)33(52)29(23)48)44-19-43-20-45-22(2)10-14-65-18-28-24-8-4-6-12-57-40-36(55)32(51)38(26(16-47)59-40)63-42(61-28)34(53)30(24)49/h23-55H,1-20H2/t23?,24?,25?,26?,27?,28?,29-,30-,31+,32+,33?,34?,35?,36?,37?,38?,39-,40-,41+,42+/m0/s1. The van der Waals surface area contributed by atoms with Crippen LogP contribution in [0.15, 0.2) is 24.6 Å². The molecule has 0 aromatic rings. The summed E-state index contributed by atoms with van der Waals surface area (Å²) >= 11 is 3.21. The Morgan fingerprint density at radius 3 is 1.26 bits per heavy atom. The van der Waals surface area contributed by atoms with Gasteiger partial charge in [0.15, 0.2) is 25.2 Å². The normalized spacial score (nSPS) is 42.9. The van der Waals surface area contributed by atoms with E-state index in [1.54, 1.807) is 23.5 Å². The molecule has 12 saturated heterocycles. The molecule has 23 heteroatoms. The van der Waals surface area contributed by atoms with Crippen molar-refractivity contribution in [3.63, 3.8) is 0 Å². The van der Waals surface area contributed by atoms with Crippen LogP contribution in [0.3, 0.4) is 0 Å². The Balaban J connectivity index is 0.870. The summed E-state index contributed by atoms with van der Waals surface area (Å²) in [7, 11) is 0. The molecule has 376 valence electrons. The fourth-order valence-electron chi connectivity index (χ4n) is 9.03. The van der Waals surface area contributed by atoms with Crippen molar-refractivity contribution < 1.29 is 89.0 Å². The third-order valence-corrected chi connectivity index (χ3v) is 15.1. The fraction of sp³-hybridized carbons (Fsp3) is 0.905. The third kappa shape index (κ3) is 14.1. The van der Waals surface area contributed by atoms with Crippen LogP contribution in [0.25, 0.3) is 0 Å². The zero-order valence-corrected chi connectivity index (χ0v) is 38.4. The highest BCUT2D eigenvalue weighted by atomic mass is 32.2.